The van der Waals surface area contributed by atoms with Crippen molar-refractivity contribution in [2.24, 2.45) is 17.3 Å². The van der Waals surface area contributed by atoms with Gasteiger partial charge < -0.3 is 9.53 Å². The number of alkyl halides is 3. The van der Waals surface area contributed by atoms with E-state index < -0.39 is 9.76 Å². The minimum Gasteiger partial charge on any atom is -0.461 e. The molecule has 1 fully saturated rings. The standard InChI is InChI=1S/C11H15Cl3O3/c1-6(15)4-7-8(10(7,2)3)9(16)17-5-11(12,13)14/h7-8H,4-5H2,1-3H3/t7-,8-/m0/s1. The average molecular weight is 302 g/mol. The Labute approximate surface area is 116 Å². The summed E-state index contributed by atoms with van der Waals surface area (Å²) in [5.41, 5.74) is -0.212. The normalized spacial score (nSPS) is 26.5. The fourth-order valence-electron chi connectivity index (χ4n) is 2.15. The van der Waals surface area contributed by atoms with Crippen molar-refractivity contribution in [1.29, 1.82) is 0 Å². The monoisotopic (exact) mass is 300 g/mol. The van der Waals surface area contributed by atoms with Gasteiger partial charge >= 0.3 is 5.97 Å². The van der Waals surface area contributed by atoms with E-state index in [9.17, 15) is 9.59 Å². The van der Waals surface area contributed by atoms with Gasteiger partial charge in [0, 0.05) is 6.42 Å². The number of halogens is 3. The molecule has 0 aromatic carbocycles. The lowest BCUT2D eigenvalue weighted by atomic mass is 10.1. The van der Waals surface area contributed by atoms with E-state index in [1.807, 2.05) is 13.8 Å². The van der Waals surface area contributed by atoms with Crippen molar-refractivity contribution >= 4 is 46.6 Å². The number of hydrogen-bond donors (Lipinski definition) is 0. The van der Waals surface area contributed by atoms with Crippen molar-refractivity contribution in [2.75, 3.05) is 6.61 Å². The second-order valence-corrected chi connectivity index (χ2v) is 7.55. The van der Waals surface area contributed by atoms with E-state index >= 15 is 0 Å². The molecular weight excluding hydrogens is 286 g/mol. The molecule has 0 aromatic rings. The summed E-state index contributed by atoms with van der Waals surface area (Å²) in [6, 6.07) is 0. The highest BCUT2D eigenvalue weighted by molar-refractivity contribution is 6.67. The fourth-order valence-corrected chi connectivity index (χ4v) is 2.31. The molecule has 3 nitrogen and oxygen atoms in total. The summed E-state index contributed by atoms with van der Waals surface area (Å²) in [4.78, 5) is 22.8. The SMILES string of the molecule is CC(=O)C[C@H]1[C@@H](C(=O)OCC(Cl)(Cl)Cl)C1(C)C. The van der Waals surface area contributed by atoms with Crippen LogP contribution in [-0.4, -0.2) is 22.2 Å². The van der Waals surface area contributed by atoms with E-state index in [1.54, 1.807) is 0 Å². The summed E-state index contributed by atoms with van der Waals surface area (Å²) in [7, 11) is 0. The van der Waals surface area contributed by atoms with Gasteiger partial charge in [-0.1, -0.05) is 48.7 Å². The summed E-state index contributed by atoms with van der Waals surface area (Å²) in [5, 5.41) is 0. The van der Waals surface area contributed by atoms with Gasteiger partial charge in [0.25, 0.3) is 0 Å². The Kier molecular flexibility index (Phi) is 4.38. The summed E-state index contributed by atoms with van der Waals surface area (Å²) >= 11 is 16.5. The topological polar surface area (TPSA) is 43.4 Å². The maximum Gasteiger partial charge on any atom is 0.309 e. The number of esters is 1. The number of rotatable bonds is 4. The molecule has 17 heavy (non-hydrogen) atoms. The van der Waals surface area contributed by atoms with Crippen LogP contribution in [0.15, 0.2) is 0 Å². The van der Waals surface area contributed by atoms with Gasteiger partial charge in [-0.2, -0.15) is 0 Å². The van der Waals surface area contributed by atoms with Crippen molar-refractivity contribution in [3.8, 4) is 0 Å². The first-order valence-electron chi connectivity index (χ1n) is 5.28. The second-order valence-electron chi connectivity index (χ2n) is 5.03. The molecule has 0 aromatic heterocycles. The van der Waals surface area contributed by atoms with E-state index in [4.69, 9.17) is 39.5 Å². The highest BCUT2D eigenvalue weighted by Gasteiger charge is 2.62. The molecule has 0 N–H and O–H groups in total. The first kappa shape index (κ1) is 15.1. The molecule has 1 aliphatic rings. The zero-order valence-corrected chi connectivity index (χ0v) is 12.2. The van der Waals surface area contributed by atoms with Crippen LogP contribution in [-0.2, 0) is 14.3 Å². The molecule has 98 valence electrons. The molecular formula is C11H15Cl3O3. The number of ether oxygens (including phenoxy) is 1. The van der Waals surface area contributed by atoms with Gasteiger partial charge in [0.1, 0.15) is 12.4 Å². The number of hydrogen-bond acceptors (Lipinski definition) is 3. The van der Waals surface area contributed by atoms with Crippen LogP contribution in [0, 0.1) is 17.3 Å². The van der Waals surface area contributed by atoms with Crippen LogP contribution in [0.5, 0.6) is 0 Å². The number of carbonyl (C=O) groups excluding carboxylic acids is 2. The minimum absolute atomic E-state index is 0.0304. The van der Waals surface area contributed by atoms with Crippen molar-refractivity contribution < 1.29 is 14.3 Å². The van der Waals surface area contributed by atoms with Crippen molar-refractivity contribution in [1.82, 2.24) is 0 Å². The largest absolute Gasteiger partial charge is 0.461 e. The van der Waals surface area contributed by atoms with Crippen molar-refractivity contribution in [3.63, 3.8) is 0 Å². The molecule has 0 heterocycles. The van der Waals surface area contributed by atoms with E-state index in [0.717, 1.165) is 0 Å². The zero-order chi connectivity index (χ0) is 13.4. The lowest BCUT2D eigenvalue weighted by molar-refractivity contribution is -0.146. The molecule has 0 radical (unpaired) electrons. The first-order chi connectivity index (χ1) is 7.55. The quantitative estimate of drug-likeness (QED) is 0.592. The van der Waals surface area contributed by atoms with Crippen LogP contribution in [0.2, 0.25) is 0 Å². The van der Waals surface area contributed by atoms with Crippen LogP contribution in [0.4, 0.5) is 0 Å². The predicted molar refractivity (Wildman–Crippen MR) is 67.3 cm³/mol. The van der Waals surface area contributed by atoms with Gasteiger partial charge in [-0.05, 0) is 18.3 Å². The summed E-state index contributed by atoms with van der Waals surface area (Å²) < 4.78 is 3.34. The summed E-state index contributed by atoms with van der Waals surface area (Å²) in [6.07, 6.45) is 0.389. The fraction of sp³-hybridized carbons (Fsp3) is 0.818. The Balaban J connectivity index is 2.51. The molecule has 1 aliphatic carbocycles. The highest BCUT2D eigenvalue weighted by Crippen LogP contribution is 2.60. The number of Topliss-reactive ketones (excluding diaryl/α,β-unsaturated/α-hetero) is 1. The maximum atomic E-state index is 11.8. The van der Waals surface area contributed by atoms with Gasteiger partial charge in [0.05, 0.1) is 5.92 Å². The molecule has 1 rings (SSSR count). The van der Waals surface area contributed by atoms with E-state index in [0.29, 0.717) is 6.42 Å². The van der Waals surface area contributed by atoms with E-state index in [1.165, 1.54) is 6.92 Å². The lowest BCUT2D eigenvalue weighted by Crippen LogP contribution is -2.19. The predicted octanol–water partition coefficient (Wildman–Crippen LogP) is 3.15. The van der Waals surface area contributed by atoms with Crippen LogP contribution < -0.4 is 0 Å². The van der Waals surface area contributed by atoms with Gasteiger partial charge in [-0.25, -0.2) is 0 Å². The Hall–Kier alpha value is 0.01000. The summed E-state index contributed by atoms with van der Waals surface area (Å²) in [5.74, 6) is -0.575. The van der Waals surface area contributed by atoms with E-state index in [2.05, 4.69) is 0 Å². The molecule has 0 spiro atoms. The maximum absolute atomic E-state index is 11.8. The van der Waals surface area contributed by atoms with Gasteiger partial charge in [0.2, 0.25) is 3.79 Å². The third kappa shape index (κ3) is 4.01. The molecule has 6 heteroatoms. The van der Waals surface area contributed by atoms with Crippen LogP contribution in [0.1, 0.15) is 27.2 Å². The average Bonchev–Trinajstić information content (AvgIpc) is 2.62. The van der Waals surface area contributed by atoms with Crippen LogP contribution >= 0.6 is 34.8 Å². The van der Waals surface area contributed by atoms with Crippen LogP contribution in [0.25, 0.3) is 0 Å². The Morgan fingerprint density at radius 3 is 2.24 bits per heavy atom. The number of ketones is 1. The second kappa shape index (κ2) is 4.94. The Morgan fingerprint density at radius 1 is 1.29 bits per heavy atom. The van der Waals surface area contributed by atoms with E-state index in [-0.39, 0.29) is 29.6 Å². The first-order valence-corrected chi connectivity index (χ1v) is 6.42. The Bertz CT molecular complexity index is 333. The van der Waals surface area contributed by atoms with Gasteiger partial charge in [0.15, 0.2) is 0 Å². The highest BCUT2D eigenvalue weighted by atomic mass is 35.6. The Morgan fingerprint density at radius 2 is 1.82 bits per heavy atom. The molecule has 0 saturated heterocycles. The molecule has 0 amide bonds. The van der Waals surface area contributed by atoms with Gasteiger partial charge in [-0.3, -0.25) is 4.79 Å². The molecule has 2 atom stereocenters. The molecule has 0 bridgehead atoms. The number of carbonyl (C=O) groups is 2. The van der Waals surface area contributed by atoms with Crippen molar-refractivity contribution in [3.05, 3.63) is 0 Å². The smallest absolute Gasteiger partial charge is 0.309 e. The third-order valence-electron chi connectivity index (χ3n) is 3.19. The minimum atomic E-state index is -1.59. The zero-order valence-electron chi connectivity index (χ0n) is 9.93. The molecule has 0 unspecified atom stereocenters. The van der Waals surface area contributed by atoms with Gasteiger partial charge in [-0.15, -0.1) is 0 Å². The van der Waals surface area contributed by atoms with Crippen molar-refractivity contribution in [2.45, 2.75) is 31.0 Å². The molecule has 0 aliphatic heterocycles. The summed E-state index contributed by atoms with van der Waals surface area (Å²) in [6.45, 7) is 5.11. The molecule has 1 saturated carbocycles. The van der Waals surface area contributed by atoms with Crippen LogP contribution in [0.3, 0.4) is 0 Å². The lowest BCUT2D eigenvalue weighted by Gasteiger charge is -2.11. The third-order valence-corrected chi connectivity index (χ3v) is 3.52.